The van der Waals surface area contributed by atoms with Crippen LogP contribution in [0, 0.1) is 0 Å². The van der Waals surface area contributed by atoms with Gasteiger partial charge in [0.1, 0.15) is 18.4 Å². The van der Waals surface area contributed by atoms with Crippen molar-refractivity contribution >= 4 is 35.0 Å². The Kier molecular flexibility index (Phi) is 6.16. The molecule has 7 heteroatoms. The molecule has 1 aliphatic heterocycles. The van der Waals surface area contributed by atoms with E-state index in [1.54, 1.807) is 30.3 Å². The molecule has 144 valence electrons. The van der Waals surface area contributed by atoms with Gasteiger partial charge in [-0.3, -0.25) is 14.5 Å². The van der Waals surface area contributed by atoms with E-state index in [1.165, 1.54) is 14.0 Å². The van der Waals surface area contributed by atoms with Crippen molar-refractivity contribution in [1.82, 2.24) is 4.90 Å². The third-order valence-electron chi connectivity index (χ3n) is 4.18. The topological polar surface area (TPSA) is 72.9 Å². The number of hydrogen-bond acceptors (Lipinski definition) is 6. The number of ether oxygens (including phenoxy) is 2. The monoisotopic (exact) mass is 397 g/mol. The van der Waals surface area contributed by atoms with Gasteiger partial charge in [-0.05, 0) is 48.0 Å². The summed E-state index contributed by atoms with van der Waals surface area (Å²) < 4.78 is 10.4. The number of imide groups is 1. The highest BCUT2D eigenvalue weighted by Gasteiger charge is 2.41. The molecular formula is C21H19NO5S. The highest BCUT2D eigenvalue weighted by atomic mass is 32.2. The van der Waals surface area contributed by atoms with Crippen molar-refractivity contribution in [3.05, 3.63) is 70.6 Å². The van der Waals surface area contributed by atoms with Gasteiger partial charge in [0.25, 0.3) is 11.1 Å². The van der Waals surface area contributed by atoms with Crippen LogP contribution in [-0.4, -0.2) is 35.2 Å². The van der Waals surface area contributed by atoms with E-state index in [0.717, 1.165) is 27.8 Å². The quantitative estimate of drug-likeness (QED) is 0.544. The molecule has 0 N–H and O–H groups in total. The Morgan fingerprint density at radius 2 is 1.79 bits per heavy atom. The largest absolute Gasteiger partial charge is 0.489 e. The lowest BCUT2D eigenvalue weighted by Crippen LogP contribution is -2.42. The summed E-state index contributed by atoms with van der Waals surface area (Å²) in [6.45, 7) is 1.93. The van der Waals surface area contributed by atoms with Crippen LogP contribution in [0.3, 0.4) is 0 Å². The minimum Gasteiger partial charge on any atom is -0.489 e. The number of benzene rings is 2. The summed E-state index contributed by atoms with van der Waals surface area (Å²) in [6, 6.07) is 16.1. The molecule has 1 atom stereocenters. The van der Waals surface area contributed by atoms with Crippen molar-refractivity contribution in [1.29, 1.82) is 0 Å². The lowest BCUT2D eigenvalue weighted by Gasteiger charge is -2.18. The van der Waals surface area contributed by atoms with Crippen LogP contribution in [-0.2, 0) is 20.9 Å². The third-order valence-corrected chi connectivity index (χ3v) is 5.06. The normalized spacial score (nSPS) is 16.4. The Balaban J connectivity index is 1.67. The van der Waals surface area contributed by atoms with E-state index in [0.29, 0.717) is 12.4 Å². The second-order valence-electron chi connectivity index (χ2n) is 6.09. The van der Waals surface area contributed by atoms with Crippen LogP contribution in [0.1, 0.15) is 18.1 Å². The van der Waals surface area contributed by atoms with E-state index in [4.69, 9.17) is 4.74 Å². The van der Waals surface area contributed by atoms with Crippen LogP contribution in [0.25, 0.3) is 6.08 Å². The van der Waals surface area contributed by atoms with Crippen molar-refractivity contribution in [2.24, 2.45) is 0 Å². The molecule has 1 aliphatic rings. The van der Waals surface area contributed by atoms with E-state index in [9.17, 15) is 14.4 Å². The lowest BCUT2D eigenvalue weighted by molar-refractivity contribution is -0.148. The van der Waals surface area contributed by atoms with Gasteiger partial charge in [0.2, 0.25) is 0 Å². The van der Waals surface area contributed by atoms with Gasteiger partial charge in [-0.1, -0.05) is 42.5 Å². The molecule has 1 saturated heterocycles. The lowest BCUT2D eigenvalue weighted by atomic mass is 10.2. The van der Waals surface area contributed by atoms with Gasteiger partial charge < -0.3 is 9.47 Å². The number of amides is 2. The molecule has 0 radical (unpaired) electrons. The zero-order chi connectivity index (χ0) is 20.1. The van der Waals surface area contributed by atoms with Crippen molar-refractivity contribution in [3.8, 4) is 5.75 Å². The van der Waals surface area contributed by atoms with Gasteiger partial charge in [-0.25, -0.2) is 4.79 Å². The second kappa shape index (κ2) is 8.75. The van der Waals surface area contributed by atoms with Crippen molar-refractivity contribution in [2.45, 2.75) is 19.6 Å². The van der Waals surface area contributed by atoms with Crippen molar-refractivity contribution < 1.29 is 23.9 Å². The zero-order valence-electron chi connectivity index (χ0n) is 15.5. The van der Waals surface area contributed by atoms with Crippen molar-refractivity contribution in [3.63, 3.8) is 0 Å². The Hall–Kier alpha value is -3.06. The summed E-state index contributed by atoms with van der Waals surface area (Å²) in [6.07, 6.45) is 1.62. The molecule has 1 fully saturated rings. The molecular weight excluding hydrogens is 378 g/mol. The van der Waals surface area contributed by atoms with Crippen LogP contribution in [0.2, 0.25) is 0 Å². The second-order valence-corrected chi connectivity index (χ2v) is 7.09. The standard InChI is InChI=1S/C21H19NO5S/c1-14(20(24)26-2)22-19(23)18(28-21(22)25)12-15-8-10-17(11-9-15)27-13-16-6-4-3-5-7-16/h3-12,14H,13H2,1-2H3/b18-12+/t14-/m1/s1. The summed E-state index contributed by atoms with van der Waals surface area (Å²) in [7, 11) is 1.22. The molecule has 0 spiro atoms. The molecule has 6 nitrogen and oxygen atoms in total. The van der Waals surface area contributed by atoms with Gasteiger partial charge in [0, 0.05) is 0 Å². The maximum atomic E-state index is 12.5. The first-order valence-electron chi connectivity index (χ1n) is 8.61. The fourth-order valence-electron chi connectivity index (χ4n) is 2.64. The molecule has 0 aromatic heterocycles. The zero-order valence-corrected chi connectivity index (χ0v) is 16.3. The molecule has 0 unspecified atom stereocenters. The average Bonchev–Trinajstić information content (AvgIpc) is 3.00. The first-order chi connectivity index (χ1) is 13.5. The Labute approximate surface area is 167 Å². The molecule has 2 aromatic carbocycles. The van der Waals surface area contributed by atoms with Gasteiger partial charge >= 0.3 is 5.97 Å². The SMILES string of the molecule is COC(=O)[C@@H](C)N1C(=O)S/C(=C/c2ccc(OCc3ccccc3)cc2)C1=O. The van der Waals surface area contributed by atoms with E-state index in [2.05, 4.69) is 4.74 Å². The Morgan fingerprint density at radius 1 is 1.11 bits per heavy atom. The summed E-state index contributed by atoms with van der Waals surface area (Å²) in [5.41, 5.74) is 1.82. The summed E-state index contributed by atoms with van der Waals surface area (Å²) in [5, 5.41) is -0.489. The number of thioether (sulfide) groups is 1. The molecule has 0 aliphatic carbocycles. The number of rotatable bonds is 6. The first-order valence-corrected chi connectivity index (χ1v) is 9.43. The molecule has 0 bridgehead atoms. The molecule has 2 aromatic rings. The van der Waals surface area contributed by atoms with E-state index < -0.39 is 23.2 Å². The number of hydrogen-bond donors (Lipinski definition) is 0. The van der Waals surface area contributed by atoms with Crippen LogP contribution in [0.5, 0.6) is 5.75 Å². The van der Waals surface area contributed by atoms with Crippen LogP contribution in [0.15, 0.2) is 59.5 Å². The number of carbonyl (C=O) groups is 3. The van der Waals surface area contributed by atoms with Gasteiger partial charge in [-0.15, -0.1) is 0 Å². The van der Waals surface area contributed by atoms with Gasteiger partial charge in [-0.2, -0.15) is 0 Å². The van der Waals surface area contributed by atoms with Crippen molar-refractivity contribution in [2.75, 3.05) is 7.11 Å². The van der Waals surface area contributed by atoms with E-state index in [-0.39, 0.29) is 4.91 Å². The van der Waals surface area contributed by atoms with Crippen LogP contribution in [0.4, 0.5) is 4.79 Å². The summed E-state index contributed by atoms with van der Waals surface area (Å²) in [4.78, 5) is 37.4. The maximum Gasteiger partial charge on any atom is 0.328 e. The third kappa shape index (κ3) is 4.43. The molecule has 3 rings (SSSR count). The number of nitrogens with zero attached hydrogens (tertiary/aromatic N) is 1. The van der Waals surface area contributed by atoms with Crippen LogP contribution < -0.4 is 4.74 Å². The van der Waals surface area contributed by atoms with Gasteiger partial charge in [0.15, 0.2) is 0 Å². The fraction of sp³-hybridized carbons (Fsp3) is 0.190. The van der Waals surface area contributed by atoms with Crippen LogP contribution >= 0.6 is 11.8 Å². The number of esters is 1. The minimum atomic E-state index is -0.961. The first kappa shape index (κ1) is 19.7. The van der Waals surface area contributed by atoms with E-state index in [1.807, 2.05) is 30.3 Å². The molecule has 1 heterocycles. The Bertz CT molecular complexity index is 908. The number of methoxy groups -OCH3 is 1. The highest BCUT2D eigenvalue weighted by molar-refractivity contribution is 8.18. The predicted octanol–water partition coefficient (Wildman–Crippen LogP) is 3.86. The Morgan fingerprint density at radius 3 is 2.43 bits per heavy atom. The maximum absolute atomic E-state index is 12.5. The smallest absolute Gasteiger partial charge is 0.328 e. The molecule has 2 amide bonds. The predicted molar refractivity (Wildman–Crippen MR) is 107 cm³/mol. The summed E-state index contributed by atoms with van der Waals surface area (Å²) in [5.74, 6) is -0.436. The minimum absolute atomic E-state index is 0.263. The average molecular weight is 397 g/mol. The highest BCUT2D eigenvalue weighted by Crippen LogP contribution is 2.34. The number of carbonyl (C=O) groups excluding carboxylic acids is 3. The van der Waals surface area contributed by atoms with E-state index >= 15 is 0 Å². The van der Waals surface area contributed by atoms with Gasteiger partial charge in [0.05, 0.1) is 12.0 Å². The molecule has 0 saturated carbocycles. The molecule has 28 heavy (non-hydrogen) atoms. The fourth-order valence-corrected chi connectivity index (χ4v) is 3.55. The summed E-state index contributed by atoms with van der Waals surface area (Å²) >= 11 is 0.804.